The fraction of sp³-hybridized carbons (Fsp3) is 0.818. The largest absolute Gasteiger partial charge is 0.480 e. The molecule has 0 aromatic heterocycles. The van der Waals surface area contributed by atoms with Crippen molar-refractivity contribution in [3.05, 3.63) is 0 Å². The number of hydrogen-bond acceptors (Lipinski definition) is 4. The molecule has 2 saturated heterocycles. The number of carbonyl (C=O) groups is 2. The minimum atomic E-state index is -0.980. The number of carbonyl (C=O) groups excluding carboxylic acids is 1. The lowest BCUT2D eigenvalue weighted by Crippen LogP contribution is -2.55. The van der Waals surface area contributed by atoms with Gasteiger partial charge >= 0.3 is 5.97 Å². The van der Waals surface area contributed by atoms with Gasteiger partial charge in [0.25, 0.3) is 0 Å². The van der Waals surface area contributed by atoms with E-state index < -0.39 is 12.0 Å². The van der Waals surface area contributed by atoms with Crippen molar-refractivity contribution in [3.8, 4) is 0 Å². The van der Waals surface area contributed by atoms with Crippen LogP contribution in [-0.2, 0) is 14.3 Å². The van der Waals surface area contributed by atoms with Crippen molar-refractivity contribution in [2.45, 2.75) is 18.9 Å². The maximum absolute atomic E-state index is 12.2. The molecule has 2 aliphatic rings. The third-order valence-corrected chi connectivity index (χ3v) is 3.39. The van der Waals surface area contributed by atoms with E-state index in [4.69, 9.17) is 9.84 Å². The standard InChI is InChI=1S/C11H18N2O4/c14-10(8-1-3-12-4-2-8)13-5-6-17-7-9(13)11(15)16/h8-9,12H,1-7H2,(H,15,16). The van der Waals surface area contributed by atoms with Crippen molar-refractivity contribution in [1.29, 1.82) is 0 Å². The predicted molar refractivity (Wildman–Crippen MR) is 59.5 cm³/mol. The van der Waals surface area contributed by atoms with Crippen LogP contribution in [-0.4, -0.2) is 60.8 Å². The lowest BCUT2D eigenvalue weighted by atomic mass is 9.95. The van der Waals surface area contributed by atoms with E-state index in [1.807, 2.05) is 0 Å². The lowest BCUT2D eigenvalue weighted by Gasteiger charge is -2.36. The van der Waals surface area contributed by atoms with Gasteiger partial charge in [0.15, 0.2) is 6.04 Å². The fourth-order valence-electron chi connectivity index (χ4n) is 2.38. The number of morpholine rings is 1. The van der Waals surface area contributed by atoms with Crippen LogP contribution in [0.15, 0.2) is 0 Å². The Morgan fingerprint density at radius 1 is 1.29 bits per heavy atom. The maximum atomic E-state index is 12.2. The first-order valence-corrected chi connectivity index (χ1v) is 6.02. The van der Waals surface area contributed by atoms with Gasteiger partial charge in [-0.05, 0) is 25.9 Å². The fourth-order valence-corrected chi connectivity index (χ4v) is 2.38. The summed E-state index contributed by atoms with van der Waals surface area (Å²) in [4.78, 5) is 24.8. The highest BCUT2D eigenvalue weighted by Gasteiger charge is 2.36. The van der Waals surface area contributed by atoms with Crippen molar-refractivity contribution in [2.24, 2.45) is 5.92 Å². The van der Waals surface area contributed by atoms with Gasteiger partial charge in [-0.25, -0.2) is 4.79 Å². The molecule has 0 aliphatic carbocycles. The highest BCUT2D eigenvalue weighted by Crippen LogP contribution is 2.18. The number of piperidine rings is 1. The summed E-state index contributed by atoms with van der Waals surface area (Å²) in [5.74, 6) is -1.04. The van der Waals surface area contributed by atoms with E-state index in [0.717, 1.165) is 25.9 Å². The molecule has 0 saturated carbocycles. The Balaban J connectivity index is 2.02. The third-order valence-electron chi connectivity index (χ3n) is 3.39. The number of aliphatic carboxylic acids is 1. The van der Waals surface area contributed by atoms with E-state index >= 15 is 0 Å². The van der Waals surface area contributed by atoms with Crippen molar-refractivity contribution in [2.75, 3.05) is 32.8 Å². The first-order valence-electron chi connectivity index (χ1n) is 6.02. The van der Waals surface area contributed by atoms with Gasteiger partial charge in [-0.15, -0.1) is 0 Å². The molecule has 6 heteroatoms. The Kier molecular flexibility index (Phi) is 3.96. The van der Waals surface area contributed by atoms with Gasteiger partial charge in [0.2, 0.25) is 5.91 Å². The Bertz CT molecular complexity index is 302. The average Bonchev–Trinajstić information content (AvgIpc) is 2.39. The second kappa shape index (κ2) is 5.46. The smallest absolute Gasteiger partial charge is 0.328 e. The zero-order valence-corrected chi connectivity index (χ0v) is 9.72. The molecule has 1 unspecified atom stereocenters. The quantitative estimate of drug-likeness (QED) is 0.669. The summed E-state index contributed by atoms with van der Waals surface area (Å²) in [5, 5.41) is 12.3. The van der Waals surface area contributed by atoms with Crippen LogP contribution in [0.1, 0.15) is 12.8 Å². The van der Waals surface area contributed by atoms with E-state index in [1.165, 1.54) is 4.90 Å². The van der Waals surface area contributed by atoms with E-state index in [0.29, 0.717) is 13.2 Å². The topological polar surface area (TPSA) is 78.9 Å². The zero-order valence-electron chi connectivity index (χ0n) is 9.72. The van der Waals surface area contributed by atoms with Crippen molar-refractivity contribution in [1.82, 2.24) is 10.2 Å². The molecule has 6 nitrogen and oxygen atoms in total. The Morgan fingerprint density at radius 3 is 2.65 bits per heavy atom. The first-order chi connectivity index (χ1) is 8.20. The molecule has 2 fully saturated rings. The molecular formula is C11H18N2O4. The molecule has 96 valence electrons. The predicted octanol–water partition coefficient (Wildman–Crippen LogP) is -0.702. The minimum absolute atomic E-state index is 0.0257. The molecule has 0 aromatic carbocycles. The molecule has 17 heavy (non-hydrogen) atoms. The van der Waals surface area contributed by atoms with E-state index in [1.54, 1.807) is 0 Å². The number of nitrogens with one attached hydrogen (secondary N) is 1. The van der Waals surface area contributed by atoms with Crippen molar-refractivity contribution in [3.63, 3.8) is 0 Å². The van der Waals surface area contributed by atoms with Crippen LogP contribution in [0.3, 0.4) is 0 Å². The first kappa shape index (κ1) is 12.3. The van der Waals surface area contributed by atoms with Crippen LogP contribution in [0, 0.1) is 5.92 Å². The molecule has 0 radical (unpaired) electrons. The number of hydrogen-bond donors (Lipinski definition) is 2. The summed E-state index contributed by atoms with van der Waals surface area (Å²) in [6.07, 6.45) is 1.59. The van der Waals surface area contributed by atoms with Crippen molar-refractivity contribution < 1.29 is 19.4 Å². The van der Waals surface area contributed by atoms with Crippen molar-refractivity contribution >= 4 is 11.9 Å². The molecule has 1 amide bonds. The number of nitrogens with zero attached hydrogens (tertiary/aromatic N) is 1. The van der Waals surface area contributed by atoms with Gasteiger partial charge < -0.3 is 20.1 Å². The van der Waals surface area contributed by atoms with Crippen LogP contribution in [0.25, 0.3) is 0 Å². The highest BCUT2D eigenvalue weighted by molar-refractivity contribution is 5.85. The summed E-state index contributed by atoms with van der Waals surface area (Å²) in [6, 6.07) is -0.814. The second-order valence-corrected chi connectivity index (χ2v) is 4.48. The third kappa shape index (κ3) is 2.76. The molecule has 0 bridgehead atoms. The number of rotatable bonds is 2. The summed E-state index contributed by atoms with van der Waals surface area (Å²) in [5.41, 5.74) is 0. The van der Waals surface area contributed by atoms with Crippen LogP contribution in [0.4, 0.5) is 0 Å². The van der Waals surface area contributed by atoms with Gasteiger partial charge in [0.1, 0.15) is 0 Å². The summed E-state index contributed by atoms with van der Waals surface area (Å²) < 4.78 is 5.12. The number of carboxylic acid groups (broad SMARTS) is 1. The van der Waals surface area contributed by atoms with Gasteiger partial charge in [-0.2, -0.15) is 0 Å². The zero-order chi connectivity index (χ0) is 12.3. The molecule has 0 aromatic rings. The van der Waals surface area contributed by atoms with E-state index in [9.17, 15) is 9.59 Å². The molecule has 2 heterocycles. The van der Waals surface area contributed by atoms with Gasteiger partial charge in [-0.3, -0.25) is 4.79 Å². The average molecular weight is 242 g/mol. The number of ether oxygens (including phenoxy) is 1. The van der Waals surface area contributed by atoms with E-state index in [-0.39, 0.29) is 18.4 Å². The van der Waals surface area contributed by atoms with Crippen LogP contribution in [0.5, 0.6) is 0 Å². The molecule has 1 atom stereocenters. The molecule has 2 rings (SSSR count). The summed E-state index contributed by atoms with van der Waals surface area (Å²) >= 11 is 0. The number of carboxylic acids is 1. The van der Waals surface area contributed by atoms with E-state index in [2.05, 4.69) is 5.32 Å². The summed E-state index contributed by atoms with van der Waals surface area (Å²) in [6.45, 7) is 2.59. The molecule has 0 spiro atoms. The highest BCUT2D eigenvalue weighted by atomic mass is 16.5. The number of amides is 1. The maximum Gasteiger partial charge on any atom is 0.328 e. The Hall–Kier alpha value is -1.14. The van der Waals surface area contributed by atoms with Crippen LogP contribution < -0.4 is 5.32 Å². The summed E-state index contributed by atoms with van der Waals surface area (Å²) in [7, 11) is 0. The van der Waals surface area contributed by atoms with Gasteiger partial charge in [0.05, 0.1) is 13.2 Å². The second-order valence-electron chi connectivity index (χ2n) is 4.48. The monoisotopic (exact) mass is 242 g/mol. The van der Waals surface area contributed by atoms with Crippen LogP contribution >= 0.6 is 0 Å². The Morgan fingerprint density at radius 2 is 2.00 bits per heavy atom. The Labute approximate surface area is 99.9 Å². The molecule has 2 aliphatic heterocycles. The van der Waals surface area contributed by atoms with Crippen LogP contribution in [0.2, 0.25) is 0 Å². The van der Waals surface area contributed by atoms with Gasteiger partial charge in [-0.1, -0.05) is 0 Å². The minimum Gasteiger partial charge on any atom is -0.480 e. The lowest BCUT2D eigenvalue weighted by molar-refractivity contribution is -0.160. The molecular weight excluding hydrogens is 224 g/mol. The SMILES string of the molecule is O=C(O)C1COCCN1C(=O)C1CCNCC1. The molecule has 2 N–H and O–H groups in total. The van der Waals surface area contributed by atoms with Gasteiger partial charge in [0, 0.05) is 12.5 Å². The normalized spacial score (nSPS) is 26.8.